The van der Waals surface area contributed by atoms with Gasteiger partial charge in [0.05, 0.1) is 0 Å². The van der Waals surface area contributed by atoms with Crippen LogP contribution >= 0.6 is 15.9 Å². The van der Waals surface area contributed by atoms with Crippen molar-refractivity contribution in [1.82, 2.24) is 0 Å². The first kappa shape index (κ1) is 10.5. The van der Waals surface area contributed by atoms with Gasteiger partial charge in [-0.25, -0.2) is 8.78 Å². The van der Waals surface area contributed by atoms with E-state index in [1.165, 1.54) is 0 Å². The van der Waals surface area contributed by atoms with Crippen molar-refractivity contribution in [3.05, 3.63) is 28.2 Å². The van der Waals surface area contributed by atoms with E-state index < -0.39 is 23.0 Å². The molecule has 0 bridgehead atoms. The summed E-state index contributed by atoms with van der Waals surface area (Å²) < 4.78 is 31.9. The quantitative estimate of drug-likeness (QED) is 0.794. The van der Waals surface area contributed by atoms with Crippen molar-refractivity contribution in [2.45, 2.75) is 18.4 Å². The van der Waals surface area contributed by atoms with Crippen molar-refractivity contribution in [3.63, 3.8) is 0 Å². The minimum atomic E-state index is -1.00. The van der Waals surface area contributed by atoms with Crippen LogP contribution in [0.1, 0.15) is 12.8 Å². The van der Waals surface area contributed by atoms with Gasteiger partial charge in [-0.05, 0) is 25.0 Å². The highest BCUT2D eigenvalue weighted by atomic mass is 79.9. The lowest BCUT2D eigenvalue weighted by molar-refractivity contribution is -0.115. The summed E-state index contributed by atoms with van der Waals surface area (Å²) in [5.41, 5.74) is -1.00. The van der Waals surface area contributed by atoms with Crippen molar-refractivity contribution in [3.8, 4) is 5.75 Å². The van der Waals surface area contributed by atoms with E-state index in [-0.39, 0.29) is 0 Å². The highest BCUT2D eigenvalue weighted by Gasteiger charge is 2.46. The van der Waals surface area contributed by atoms with E-state index in [2.05, 4.69) is 15.9 Å². The molecular weight excluding hydrogens is 270 g/mol. The topological polar surface area (TPSA) is 26.3 Å². The maximum Gasteiger partial charge on any atom is 0.192 e. The number of benzene rings is 1. The fourth-order valence-electron chi connectivity index (χ4n) is 1.20. The van der Waals surface area contributed by atoms with Crippen molar-refractivity contribution in [2.75, 3.05) is 0 Å². The van der Waals surface area contributed by atoms with Crippen LogP contribution in [0.15, 0.2) is 16.6 Å². The van der Waals surface area contributed by atoms with Gasteiger partial charge in [-0.1, -0.05) is 15.9 Å². The number of halogens is 3. The van der Waals surface area contributed by atoms with Gasteiger partial charge in [0.15, 0.2) is 29.3 Å². The molecule has 80 valence electrons. The van der Waals surface area contributed by atoms with Gasteiger partial charge in [0.2, 0.25) is 0 Å². The second kappa shape index (κ2) is 3.56. The second-order valence-electron chi connectivity index (χ2n) is 3.48. The van der Waals surface area contributed by atoms with Crippen LogP contribution < -0.4 is 4.74 Å². The molecule has 0 amide bonds. The maximum atomic E-state index is 13.3. The predicted molar refractivity (Wildman–Crippen MR) is 52.7 cm³/mol. The minimum Gasteiger partial charge on any atom is -0.474 e. The molecule has 0 aromatic heterocycles. The Labute approximate surface area is 93.4 Å². The first-order chi connectivity index (χ1) is 7.06. The van der Waals surface area contributed by atoms with E-state index >= 15 is 0 Å². The van der Waals surface area contributed by atoms with Gasteiger partial charge in [-0.2, -0.15) is 0 Å². The van der Waals surface area contributed by atoms with Crippen LogP contribution in [-0.4, -0.2) is 11.9 Å². The Morgan fingerprint density at radius 1 is 1.33 bits per heavy atom. The first-order valence-corrected chi connectivity index (χ1v) is 5.15. The van der Waals surface area contributed by atoms with Crippen molar-refractivity contribution < 1.29 is 18.3 Å². The molecule has 0 saturated heterocycles. The van der Waals surface area contributed by atoms with Crippen LogP contribution in [0.3, 0.4) is 0 Å². The zero-order chi connectivity index (χ0) is 11.1. The zero-order valence-corrected chi connectivity index (χ0v) is 9.18. The highest BCUT2D eigenvalue weighted by Crippen LogP contribution is 2.40. The normalized spacial score (nSPS) is 17.3. The number of hydrogen-bond donors (Lipinski definition) is 0. The Balaban J connectivity index is 2.32. The predicted octanol–water partition coefficient (Wildman–Crippen LogP) is 2.84. The summed E-state index contributed by atoms with van der Waals surface area (Å²) >= 11 is 2.95. The summed E-state index contributed by atoms with van der Waals surface area (Å²) in [5, 5.41) is 0. The van der Waals surface area contributed by atoms with Crippen LogP contribution in [0.2, 0.25) is 0 Å². The largest absolute Gasteiger partial charge is 0.474 e. The van der Waals surface area contributed by atoms with Crippen LogP contribution in [-0.2, 0) is 4.79 Å². The lowest BCUT2D eigenvalue weighted by Crippen LogP contribution is -2.20. The van der Waals surface area contributed by atoms with Gasteiger partial charge in [-0.15, -0.1) is 0 Å². The highest BCUT2D eigenvalue weighted by molar-refractivity contribution is 9.10. The van der Waals surface area contributed by atoms with Gasteiger partial charge >= 0.3 is 0 Å². The van der Waals surface area contributed by atoms with E-state index in [0.717, 1.165) is 12.1 Å². The Hall–Kier alpha value is -0.970. The third-order valence-corrected chi connectivity index (χ3v) is 2.68. The molecule has 1 aliphatic rings. The summed E-state index contributed by atoms with van der Waals surface area (Å²) in [5.74, 6) is -2.10. The molecule has 15 heavy (non-hydrogen) atoms. The van der Waals surface area contributed by atoms with Crippen molar-refractivity contribution >= 4 is 22.2 Å². The molecule has 1 aliphatic carbocycles. The molecule has 0 N–H and O–H groups in total. The number of ether oxygens (including phenoxy) is 1. The molecule has 2 rings (SSSR count). The standard InChI is InChI=1S/C10H7BrF2O2/c11-6-3-7(12)9(8(13)4-6)15-10(5-14)1-2-10/h3-5H,1-2H2. The Morgan fingerprint density at radius 3 is 2.27 bits per heavy atom. The van der Waals surface area contributed by atoms with Crippen LogP contribution in [0, 0.1) is 11.6 Å². The summed E-state index contributed by atoms with van der Waals surface area (Å²) in [6, 6.07) is 2.19. The van der Waals surface area contributed by atoms with Crippen LogP contribution in [0.5, 0.6) is 5.75 Å². The fourth-order valence-corrected chi connectivity index (χ4v) is 1.60. The number of rotatable bonds is 3. The Morgan fingerprint density at radius 2 is 1.87 bits per heavy atom. The Bertz CT molecular complexity index is 393. The van der Waals surface area contributed by atoms with Gasteiger partial charge in [0, 0.05) is 4.47 Å². The summed E-state index contributed by atoms with van der Waals surface area (Å²) in [7, 11) is 0. The van der Waals surface area contributed by atoms with E-state index in [0.29, 0.717) is 23.6 Å². The number of carbonyl (C=O) groups excluding carboxylic acids is 1. The number of hydrogen-bond acceptors (Lipinski definition) is 2. The number of aldehydes is 1. The fraction of sp³-hybridized carbons (Fsp3) is 0.300. The summed E-state index contributed by atoms with van der Waals surface area (Å²) in [6.07, 6.45) is 1.60. The molecule has 1 aromatic carbocycles. The molecule has 0 spiro atoms. The Kier molecular flexibility index (Phi) is 2.50. The molecule has 0 atom stereocenters. The lowest BCUT2D eigenvalue weighted by atomic mass is 10.3. The van der Waals surface area contributed by atoms with Gasteiger partial charge in [0.25, 0.3) is 0 Å². The molecule has 1 fully saturated rings. The lowest BCUT2D eigenvalue weighted by Gasteiger charge is -2.13. The third kappa shape index (κ3) is 2.02. The molecule has 1 aromatic rings. The number of carbonyl (C=O) groups is 1. The SMILES string of the molecule is O=CC1(Oc2c(F)cc(Br)cc2F)CC1. The smallest absolute Gasteiger partial charge is 0.192 e. The first-order valence-electron chi connectivity index (χ1n) is 4.36. The summed E-state index contributed by atoms with van der Waals surface area (Å²) in [4.78, 5) is 10.6. The van der Waals surface area contributed by atoms with E-state index in [9.17, 15) is 13.6 Å². The molecule has 1 saturated carbocycles. The monoisotopic (exact) mass is 276 g/mol. The molecule has 0 radical (unpaired) electrons. The van der Waals surface area contributed by atoms with Gasteiger partial charge in [0.1, 0.15) is 0 Å². The molecule has 0 heterocycles. The van der Waals surface area contributed by atoms with Crippen LogP contribution in [0.4, 0.5) is 8.78 Å². The molecule has 5 heteroatoms. The van der Waals surface area contributed by atoms with Crippen molar-refractivity contribution in [1.29, 1.82) is 0 Å². The van der Waals surface area contributed by atoms with E-state index in [1.807, 2.05) is 0 Å². The maximum absolute atomic E-state index is 13.3. The average molecular weight is 277 g/mol. The molecular formula is C10H7BrF2O2. The van der Waals surface area contributed by atoms with Gasteiger partial charge < -0.3 is 4.74 Å². The molecule has 0 unspecified atom stereocenters. The van der Waals surface area contributed by atoms with Crippen LogP contribution in [0.25, 0.3) is 0 Å². The van der Waals surface area contributed by atoms with E-state index in [4.69, 9.17) is 4.74 Å². The minimum absolute atomic E-state index is 0.292. The van der Waals surface area contributed by atoms with E-state index in [1.54, 1.807) is 0 Å². The average Bonchev–Trinajstić information content (AvgIpc) is 2.92. The van der Waals surface area contributed by atoms with Crippen molar-refractivity contribution in [2.24, 2.45) is 0 Å². The molecule has 0 aliphatic heterocycles. The summed E-state index contributed by atoms with van der Waals surface area (Å²) in [6.45, 7) is 0. The molecule has 2 nitrogen and oxygen atoms in total. The third-order valence-electron chi connectivity index (χ3n) is 2.23. The zero-order valence-electron chi connectivity index (χ0n) is 7.60. The second-order valence-corrected chi connectivity index (χ2v) is 4.40. The van der Waals surface area contributed by atoms with Gasteiger partial charge in [-0.3, -0.25) is 4.79 Å².